The summed E-state index contributed by atoms with van der Waals surface area (Å²) >= 11 is 0. The number of carbonyl (C=O) groups excluding carboxylic acids is 2. The van der Waals surface area contributed by atoms with E-state index in [2.05, 4.69) is 0 Å². The Hall–Kier alpha value is -0.940. The number of imide groups is 1. The summed E-state index contributed by atoms with van der Waals surface area (Å²) in [6.45, 7) is 1.58. The second-order valence-corrected chi connectivity index (χ2v) is 3.34. The Kier molecular flexibility index (Phi) is 3.00. The largest absolute Gasteiger partial charge is 0.392 e. The molecule has 2 amide bonds. The lowest BCUT2D eigenvalue weighted by molar-refractivity contribution is -0.150. The van der Waals surface area contributed by atoms with E-state index < -0.39 is 12.1 Å². The molecule has 5 nitrogen and oxygen atoms in total. The van der Waals surface area contributed by atoms with Gasteiger partial charge in [0.1, 0.15) is 0 Å². The standard InChI is InChI=1S/C8H14N2O3/c1-5(11)4-10-7(12)3-2-6(9)8(10)13/h5-6,11H,2-4,9H2,1H3/t5?,6-/m0/s1. The third-order valence-corrected chi connectivity index (χ3v) is 2.00. The predicted molar refractivity (Wildman–Crippen MR) is 45.6 cm³/mol. The van der Waals surface area contributed by atoms with Crippen LogP contribution >= 0.6 is 0 Å². The number of β-amino-alcohol motifs (C(OH)–C–C–N with tert-alkyl or cyclic N) is 1. The fourth-order valence-corrected chi connectivity index (χ4v) is 1.32. The Labute approximate surface area is 76.5 Å². The highest BCUT2D eigenvalue weighted by atomic mass is 16.3. The van der Waals surface area contributed by atoms with Crippen molar-refractivity contribution < 1.29 is 14.7 Å². The fourth-order valence-electron chi connectivity index (χ4n) is 1.32. The van der Waals surface area contributed by atoms with Gasteiger partial charge in [0.2, 0.25) is 11.8 Å². The van der Waals surface area contributed by atoms with Crippen molar-refractivity contribution in [2.45, 2.75) is 31.9 Å². The first kappa shape index (κ1) is 10.1. The number of likely N-dealkylation sites (tertiary alicyclic amines) is 1. The third kappa shape index (κ3) is 2.26. The van der Waals surface area contributed by atoms with Crippen LogP contribution in [0.1, 0.15) is 19.8 Å². The van der Waals surface area contributed by atoms with Crippen LogP contribution in [0.25, 0.3) is 0 Å². The van der Waals surface area contributed by atoms with Crippen molar-refractivity contribution in [3.8, 4) is 0 Å². The molecule has 13 heavy (non-hydrogen) atoms. The molecule has 1 heterocycles. The number of aliphatic hydroxyl groups excluding tert-OH is 1. The molecule has 0 saturated carbocycles. The van der Waals surface area contributed by atoms with E-state index in [-0.39, 0.29) is 18.4 Å². The average Bonchev–Trinajstić information content (AvgIpc) is 2.05. The molecule has 2 atom stereocenters. The van der Waals surface area contributed by atoms with Crippen LogP contribution in [-0.2, 0) is 9.59 Å². The molecule has 1 aliphatic rings. The van der Waals surface area contributed by atoms with Crippen molar-refractivity contribution in [1.29, 1.82) is 0 Å². The lowest BCUT2D eigenvalue weighted by Crippen LogP contribution is -2.53. The molecule has 0 spiro atoms. The number of amides is 2. The molecule has 1 unspecified atom stereocenters. The summed E-state index contributed by atoms with van der Waals surface area (Å²) < 4.78 is 0. The molecule has 0 radical (unpaired) electrons. The molecule has 3 N–H and O–H groups in total. The third-order valence-electron chi connectivity index (χ3n) is 2.00. The van der Waals surface area contributed by atoms with Gasteiger partial charge in [-0.3, -0.25) is 14.5 Å². The number of rotatable bonds is 2. The molecule has 1 saturated heterocycles. The number of nitrogens with zero attached hydrogens (tertiary/aromatic N) is 1. The van der Waals surface area contributed by atoms with E-state index in [1.807, 2.05) is 0 Å². The Morgan fingerprint density at radius 2 is 2.31 bits per heavy atom. The smallest absolute Gasteiger partial charge is 0.246 e. The van der Waals surface area contributed by atoms with Crippen LogP contribution in [0, 0.1) is 0 Å². The van der Waals surface area contributed by atoms with Crippen LogP contribution < -0.4 is 5.73 Å². The van der Waals surface area contributed by atoms with Crippen LogP contribution in [0.2, 0.25) is 0 Å². The van der Waals surface area contributed by atoms with Crippen LogP contribution in [0.4, 0.5) is 0 Å². The van der Waals surface area contributed by atoms with Crippen molar-refractivity contribution in [1.82, 2.24) is 4.90 Å². The van der Waals surface area contributed by atoms with Gasteiger partial charge in [0.15, 0.2) is 0 Å². The SMILES string of the molecule is CC(O)CN1C(=O)CC[C@H](N)C1=O. The van der Waals surface area contributed by atoms with E-state index in [4.69, 9.17) is 10.8 Å². The first-order valence-corrected chi connectivity index (χ1v) is 4.30. The van der Waals surface area contributed by atoms with Gasteiger partial charge in [-0.05, 0) is 13.3 Å². The number of hydrogen-bond acceptors (Lipinski definition) is 4. The molecular formula is C8H14N2O3. The average molecular weight is 186 g/mol. The van der Waals surface area contributed by atoms with Gasteiger partial charge in [-0.2, -0.15) is 0 Å². The highest BCUT2D eigenvalue weighted by Gasteiger charge is 2.32. The first-order valence-electron chi connectivity index (χ1n) is 4.30. The maximum atomic E-state index is 11.3. The van der Waals surface area contributed by atoms with E-state index in [0.29, 0.717) is 12.8 Å². The molecule has 0 aromatic heterocycles. The fraction of sp³-hybridized carbons (Fsp3) is 0.750. The van der Waals surface area contributed by atoms with E-state index in [1.165, 1.54) is 6.92 Å². The first-order chi connectivity index (χ1) is 6.02. The minimum atomic E-state index is -0.696. The monoisotopic (exact) mass is 186 g/mol. The molecule has 5 heteroatoms. The molecule has 1 fully saturated rings. The van der Waals surface area contributed by atoms with Crippen molar-refractivity contribution in [3.05, 3.63) is 0 Å². The summed E-state index contributed by atoms with van der Waals surface area (Å²) in [5.74, 6) is -0.621. The molecular weight excluding hydrogens is 172 g/mol. The van der Waals surface area contributed by atoms with Gasteiger partial charge in [0.25, 0.3) is 0 Å². The Morgan fingerprint density at radius 1 is 1.69 bits per heavy atom. The second kappa shape index (κ2) is 3.85. The summed E-state index contributed by atoms with van der Waals surface area (Å²) in [7, 11) is 0. The van der Waals surface area contributed by atoms with Crippen LogP contribution in [0.15, 0.2) is 0 Å². The summed E-state index contributed by atoms with van der Waals surface area (Å²) in [5, 5.41) is 9.04. The van der Waals surface area contributed by atoms with Gasteiger partial charge < -0.3 is 10.8 Å². The quantitative estimate of drug-likeness (QED) is 0.533. The zero-order chi connectivity index (χ0) is 10.0. The van der Waals surface area contributed by atoms with E-state index in [0.717, 1.165) is 4.90 Å². The van der Waals surface area contributed by atoms with E-state index in [9.17, 15) is 9.59 Å². The lowest BCUT2D eigenvalue weighted by Gasteiger charge is -2.29. The minimum absolute atomic E-state index is 0.0470. The molecule has 1 aliphatic heterocycles. The minimum Gasteiger partial charge on any atom is -0.392 e. The summed E-state index contributed by atoms with van der Waals surface area (Å²) in [6, 6.07) is -0.587. The van der Waals surface area contributed by atoms with Gasteiger partial charge in [0, 0.05) is 6.42 Å². The van der Waals surface area contributed by atoms with Crippen molar-refractivity contribution in [2.24, 2.45) is 5.73 Å². The van der Waals surface area contributed by atoms with Crippen molar-refractivity contribution >= 4 is 11.8 Å². The predicted octanol–water partition coefficient (Wildman–Crippen LogP) is -1.16. The second-order valence-electron chi connectivity index (χ2n) is 3.34. The zero-order valence-corrected chi connectivity index (χ0v) is 7.56. The van der Waals surface area contributed by atoms with Gasteiger partial charge in [-0.1, -0.05) is 0 Å². The topological polar surface area (TPSA) is 83.6 Å². The highest BCUT2D eigenvalue weighted by Crippen LogP contribution is 2.11. The maximum Gasteiger partial charge on any atom is 0.246 e. The zero-order valence-electron chi connectivity index (χ0n) is 7.56. The number of carbonyl (C=O) groups is 2. The summed E-state index contributed by atoms with van der Waals surface area (Å²) in [5.41, 5.74) is 5.48. The van der Waals surface area contributed by atoms with Gasteiger partial charge in [-0.25, -0.2) is 0 Å². The van der Waals surface area contributed by atoms with Gasteiger partial charge in [-0.15, -0.1) is 0 Å². The normalized spacial score (nSPS) is 26.4. The van der Waals surface area contributed by atoms with Crippen LogP contribution in [0.3, 0.4) is 0 Å². The number of aliphatic hydroxyl groups is 1. The molecule has 74 valence electrons. The van der Waals surface area contributed by atoms with Gasteiger partial charge >= 0.3 is 0 Å². The molecule has 0 aromatic rings. The maximum absolute atomic E-state index is 11.3. The number of piperidine rings is 1. The van der Waals surface area contributed by atoms with E-state index in [1.54, 1.807) is 0 Å². The molecule has 0 aliphatic carbocycles. The number of nitrogens with two attached hydrogens (primary N) is 1. The Bertz CT molecular complexity index is 227. The summed E-state index contributed by atoms with van der Waals surface area (Å²) in [4.78, 5) is 23.6. The number of hydrogen-bond donors (Lipinski definition) is 2. The van der Waals surface area contributed by atoms with Crippen LogP contribution in [-0.4, -0.2) is 40.5 Å². The molecule has 0 bridgehead atoms. The van der Waals surface area contributed by atoms with Crippen LogP contribution in [0.5, 0.6) is 0 Å². The van der Waals surface area contributed by atoms with Crippen molar-refractivity contribution in [2.75, 3.05) is 6.54 Å². The van der Waals surface area contributed by atoms with Gasteiger partial charge in [0.05, 0.1) is 18.7 Å². The molecule has 1 rings (SSSR count). The van der Waals surface area contributed by atoms with Crippen molar-refractivity contribution in [3.63, 3.8) is 0 Å². The van der Waals surface area contributed by atoms with E-state index >= 15 is 0 Å². The summed E-state index contributed by atoms with van der Waals surface area (Å²) in [6.07, 6.45) is 0.00588. The molecule has 0 aromatic carbocycles. The Morgan fingerprint density at radius 3 is 2.85 bits per heavy atom. The Balaban J connectivity index is 2.67. The lowest BCUT2D eigenvalue weighted by atomic mass is 10.0. The highest BCUT2D eigenvalue weighted by molar-refractivity contribution is 6.00.